The largest absolute Gasteiger partial charge is 0.298 e. The van der Waals surface area contributed by atoms with Crippen molar-refractivity contribution in [2.75, 3.05) is 11.8 Å². The van der Waals surface area contributed by atoms with Gasteiger partial charge in [0.25, 0.3) is 10.0 Å². The minimum atomic E-state index is -3.35. The van der Waals surface area contributed by atoms with Crippen LogP contribution in [0.4, 0.5) is 5.69 Å². The molecule has 0 unspecified atom stereocenters. The molecule has 2 aromatic rings. The summed E-state index contributed by atoms with van der Waals surface area (Å²) in [5.41, 5.74) is 3.13. The lowest BCUT2D eigenvalue weighted by molar-refractivity contribution is 0.314. The quantitative estimate of drug-likeness (QED) is 0.787. The van der Waals surface area contributed by atoms with E-state index in [4.69, 9.17) is 0 Å². The minimum Gasteiger partial charge on any atom is -0.298 e. The summed E-state index contributed by atoms with van der Waals surface area (Å²) in [4.78, 5) is 2.65. The first-order valence-corrected chi connectivity index (χ1v) is 7.33. The maximum absolute atomic E-state index is 12.0. The molecule has 1 N–H and O–H groups in total. The normalized spacial score (nSPS) is 20.1. The first-order valence-electron chi connectivity index (χ1n) is 5.85. The Bertz CT molecular complexity index is 784. The fraction of sp³-hybridized carbons (Fsp3) is 0.231. The number of hydrogen-bond donors (Lipinski definition) is 1. The number of nitrogens with one attached hydrogen (secondary N) is 1. The van der Waals surface area contributed by atoms with Crippen LogP contribution in [-0.2, 0) is 23.1 Å². The molecule has 0 atom stereocenters. The Morgan fingerprint density at radius 1 is 1.06 bits per heavy atom. The van der Waals surface area contributed by atoms with Crippen LogP contribution in [0.1, 0.15) is 11.1 Å². The minimum absolute atomic E-state index is 0.419. The molecule has 0 bridgehead atoms. The van der Waals surface area contributed by atoms with Gasteiger partial charge in [0.2, 0.25) is 0 Å². The number of sulfonamides is 1. The van der Waals surface area contributed by atoms with Gasteiger partial charge in [-0.2, -0.15) is 0 Å². The summed E-state index contributed by atoms with van der Waals surface area (Å²) in [6.45, 7) is 1.74. The summed E-state index contributed by atoms with van der Waals surface area (Å²) in [5, 5.41) is 2.00. The second kappa shape index (κ2) is 3.05. The maximum atomic E-state index is 12.0. The van der Waals surface area contributed by atoms with Crippen molar-refractivity contribution < 1.29 is 8.42 Å². The monoisotopic (exact) mass is 260 g/mol. The lowest BCUT2D eigenvalue weighted by Gasteiger charge is -2.25. The van der Waals surface area contributed by atoms with Gasteiger partial charge in [0.1, 0.15) is 0 Å². The van der Waals surface area contributed by atoms with Crippen LogP contribution in [0, 0.1) is 0 Å². The molecule has 18 heavy (non-hydrogen) atoms. The van der Waals surface area contributed by atoms with Gasteiger partial charge in [-0.3, -0.25) is 9.62 Å². The van der Waals surface area contributed by atoms with Crippen LogP contribution in [0.15, 0.2) is 29.2 Å². The van der Waals surface area contributed by atoms with Crippen molar-refractivity contribution in [2.24, 2.45) is 0 Å². The van der Waals surface area contributed by atoms with Crippen LogP contribution in [0.5, 0.6) is 0 Å². The summed E-state index contributed by atoms with van der Waals surface area (Å²) in [7, 11) is -1.28. The zero-order chi connectivity index (χ0) is 12.5. The van der Waals surface area contributed by atoms with Gasteiger partial charge < -0.3 is 0 Å². The van der Waals surface area contributed by atoms with Crippen molar-refractivity contribution in [2.45, 2.75) is 18.0 Å². The summed E-state index contributed by atoms with van der Waals surface area (Å²) < 4.78 is 26.6. The van der Waals surface area contributed by atoms with Crippen LogP contribution in [-0.4, -0.2) is 20.4 Å². The van der Waals surface area contributed by atoms with Crippen molar-refractivity contribution in [3.05, 3.63) is 35.4 Å². The van der Waals surface area contributed by atoms with Gasteiger partial charge in [0.15, 0.2) is 0 Å². The van der Waals surface area contributed by atoms with Crippen molar-refractivity contribution in [1.29, 1.82) is 0 Å². The first kappa shape index (κ1) is 10.3. The summed E-state index contributed by atoms with van der Waals surface area (Å²) in [6, 6.07) is 7.55. The van der Waals surface area contributed by atoms with E-state index in [0.29, 0.717) is 4.90 Å². The zero-order valence-corrected chi connectivity index (χ0v) is 10.7. The lowest BCUT2D eigenvalue weighted by Crippen LogP contribution is -2.21. The molecule has 0 saturated heterocycles. The third-order valence-corrected chi connectivity index (χ3v) is 5.12. The Morgan fingerprint density at radius 2 is 1.72 bits per heavy atom. The second-order valence-corrected chi connectivity index (χ2v) is 6.67. The van der Waals surface area contributed by atoms with Crippen LogP contribution in [0.2, 0.25) is 0 Å². The zero-order valence-electron chi connectivity index (χ0n) is 9.90. The molecular formula is C13H12N2O2S. The molecule has 0 aliphatic carbocycles. The molecule has 2 aliphatic heterocycles. The van der Waals surface area contributed by atoms with Crippen molar-refractivity contribution in [3.63, 3.8) is 0 Å². The average molecular weight is 260 g/mol. The van der Waals surface area contributed by atoms with Gasteiger partial charge in [0, 0.05) is 18.5 Å². The van der Waals surface area contributed by atoms with E-state index in [1.165, 1.54) is 11.1 Å². The average Bonchev–Trinajstić information content (AvgIpc) is 2.58. The number of rotatable bonds is 0. The van der Waals surface area contributed by atoms with E-state index in [1.807, 2.05) is 18.2 Å². The molecule has 4 nitrogen and oxygen atoms in total. The molecule has 4 rings (SSSR count). The summed E-state index contributed by atoms with van der Waals surface area (Å²) >= 11 is 0. The second-order valence-electron chi connectivity index (χ2n) is 5.02. The Balaban J connectivity index is 2.21. The number of hydrogen-bond acceptors (Lipinski definition) is 3. The van der Waals surface area contributed by atoms with Crippen LogP contribution >= 0.6 is 0 Å². The fourth-order valence-electron chi connectivity index (χ4n) is 3.02. The maximum Gasteiger partial charge on any atom is 0.262 e. The fourth-order valence-corrected chi connectivity index (χ4v) is 4.32. The number of nitrogens with zero attached hydrogens (tertiary/aromatic N) is 1. The van der Waals surface area contributed by atoms with E-state index in [0.717, 1.165) is 29.5 Å². The van der Waals surface area contributed by atoms with Gasteiger partial charge in [-0.15, -0.1) is 0 Å². The van der Waals surface area contributed by atoms with Gasteiger partial charge in [0.05, 0.1) is 10.6 Å². The summed E-state index contributed by atoms with van der Waals surface area (Å²) in [6.07, 6.45) is 0. The predicted molar refractivity (Wildman–Crippen MR) is 69.9 cm³/mol. The third kappa shape index (κ3) is 1.15. The number of benzene rings is 2. The molecule has 0 aromatic heterocycles. The molecule has 0 fully saturated rings. The smallest absolute Gasteiger partial charge is 0.262 e. The Hall–Kier alpha value is -1.59. The lowest BCUT2D eigenvalue weighted by atomic mass is 9.94. The molecule has 92 valence electrons. The molecule has 2 aromatic carbocycles. The molecular weight excluding hydrogens is 248 g/mol. The molecule has 2 heterocycles. The highest BCUT2D eigenvalue weighted by Crippen LogP contribution is 2.42. The molecule has 5 heteroatoms. The molecule has 0 saturated carbocycles. The third-order valence-electron chi connectivity index (χ3n) is 3.71. The van der Waals surface area contributed by atoms with E-state index in [9.17, 15) is 8.42 Å². The van der Waals surface area contributed by atoms with E-state index in [-0.39, 0.29) is 0 Å². The topological polar surface area (TPSA) is 49.4 Å². The highest BCUT2D eigenvalue weighted by molar-refractivity contribution is 7.93. The van der Waals surface area contributed by atoms with Gasteiger partial charge in [-0.05, 0) is 35.7 Å². The van der Waals surface area contributed by atoms with Crippen molar-refractivity contribution in [3.8, 4) is 0 Å². The van der Waals surface area contributed by atoms with Crippen LogP contribution in [0.25, 0.3) is 10.8 Å². The predicted octanol–water partition coefficient (Wildman–Crippen LogP) is 1.90. The highest BCUT2D eigenvalue weighted by atomic mass is 32.2. The standard InChI is InChI=1S/C13H12N2O2S/c1-15-6-8-2-4-10-13-11(18(16,17)14-10)5-3-9(7-15)12(8)13/h2-5,14H,6-7H2,1H3. The first-order chi connectivity index (χ1) is 8.56. The van der Waals surface area contributed by atoms with E-state index >= 15 is 0 Å². The van der Waals surface area contributed by atoms with E-state index < -0.39 is 10.0 Å². The number of anilines is 1. The Kier molecular flexibility index (Phi) is 1.75. The molecule has 0 radical (unpaired) electrons. The summed E-state index contributed by atoms with van der Waals surface area (Å²) in [5.74, 6) is 0. The van der Waals surface area contributed by atoms with E-state index in [2.05, 4.69) is 16.7 Å². The van der Waals surface area contributed by atoms with Crippen LogP contribution < -0.4 is 4.72 Å². The molecule has 0 spiro atoms. The Labute approximate surface area is 105 Å². The van der Waals surface area contributed by atoms with E-state index in [1.54, 1.807) is 6.07 Å². The molecule has 2 aliphatic rings. The van der Waals surface area contributed by atoms with Gasteiger partial charge >= 0.3 is 0 Å². The van der Waals surface area contributed by atoms with Crippen molar-refractivity contribution >= 4 is 26.5 Å². The highest BCUT2D eigenvalue weighted by Gasteiger charge is 2.30. The Morgan fingerprint density at radius 3 is 2.44 bits per heavy atom. The van der Waals surface area contributed by atoms with Crippen molar-refractivity contribution in [1.82, 2.24) is 4.90 Å². The SMILES string of the molecule is CN1Cc2ccc3c4c(ccc(c24)C1)S(=O)(=O)N3. The molecule has 0 amide bonds. The van der Waals surface area contributed by atoms with Gasteiger partial charge in [-0.25, -0.2) is 8.42 Å². The van der Waals surface area contributed by atoms with Gasteiger partial charge in [-0.1, -0.05) is 12.1 Å². The van der Waals surface area contributed by atoms with Crippen LogP contribution in [0.3, 0.4) is 0 Å².